The maximum absolute atomic E-state index is 12.4. The number of benzene rings is 2. The quantitative estimate of drug-likeness (QED) is 0.756. The number of hydrogen-bond donors (Lipinski definition) is 1. The van der Waals surface area contributed by atoms with Crippen LogP contribution in [0.1, 0.15) is 42.8 Å². The Morgan fingerprint density at radius 2 is 1.77 bits per heavy atom. The van der Waals surface area contributed by atoms with E-state index in [2.05, 4.69) is 15.5 Å². The van der Waals surface area contributed by atoms with Crippen LogP contribution in [0.2, 0.25) is 0 Å². The first-order valence-corrected chi connectivity index (χ1v) is 8.70. The highest BCUT2D eigenvalue weighted by Crippen LogP contribution is 2.20. The minimum Gasteiger partial charge on any atom is -0.352 e. The molecular formula is C21H23N3O2. The molecule has 0 aliphatic rings. The number of carbonyl (C=O) groups excluding carboxylic acids is 1. The van der Waals surface area contributed by atoms with Gasteiger partial charge in [0.2, 0.25) is 5.89 Å². The van der Waals surface area contributed by atoms with Crippen LogP contribution in [0.5, 0.6) is 0 Å². The first kappa shape index (κ1) is 17.9. The lowest BCUT2D eigenvalue weighted by atomic mass is 9.97. The van der Waals surface area contributed by atoms with Gasteiger partial charge in [0, 0.05) is 23.9 Å². The zero-order valence-corrected chi connectivity index (χ0v) is 15.3. The molecule has 1 amide bonds. The molecule has 1 aromatic heterocycles. The fourth-order valence-corrected chi connectivity index (χ4v) is 2.52. The van der Waals surface area contributed by atoms with Gasteiger partial charge in [0.1, 0.15) is 0 Å². The second-order valence-electron chi connectivity index (χ2n) is 7.22. The Hall–Kier alpha value is -2.95. The van der Waals surface area contributed by atoms with Crippen molar-refractivity contribution in [1.29, 1.82) is 0 Å². The Balaban J connectivity index is 1.60. The lowest BCUT2D eigenvalue weighted by Gasteiger charge is -2.10. The Labute approximate surface area is 153 Å². The van der Waals surface area contributed by atoms with Crippen LogP contribution in [-0.4, -0.2) is 22.6 Å². The molecule has 2 aromatic carbocycles. The van der Waals surface area contributed by atoms with E-state index in [0.717, 1.165) is 11.1 Å². The molecule has 0 bridgehead atoms. The summed E-state index contributed by atoms with van der Waals surface area (Å²) in [6.45, 7) is 6.51. The zero-order chi connectivity index (χ0) is 18.6. The molecule has 0 atom stereocenters. The van der Waals surface area contributed by atoms with E-state index in [-0.39, 0.29) is 11.3 Å². The summed E-state index contributed by atoms with van der Waals surface area (Å²) in [5.74, 6) is 1.10. The molecule has 1 N–H and O–H groups in total. The summed E-state index contributed by atoms with van der Waals surface area (Å²) in [6, 6.07) is 17.6. The number of amides is 1. The summed E-state index contributed by atoms with van der Waals surface area (Å²) < 4.78 is 5.26. The van der Waals surface area contributed by atoms with Crippen LogP contribution in [0, 0.1) is 0 Å². The maximum atomic E-state index is 12.4. The summed E-state index contributed by atoms with van der Waals surface area (Å²) >= 11 is 0. The summed E-state index contributed by atoms with van der Waals surface area (Å²) in [4.78, 5) is 16.8. The SMILES string of the molecule is CC(C)(C)c1nc(CCNC(=O)c2cccc(-c3ccccc3)c2)no1. The van der Waals surface area contributed by atoms with Gasteiger partial charge in [-0.2, -0.15) is 4.98 Å². The number of carbonyl (C=O) groups is 1. The highest BCUT2D eigenvalue weighted by atomic mass is 16.5. The average Bonchev–Trinajstić information content (AvgIpc) is 3.12. The second kappa shape index (κ2) is 7.52. The molecular weight excluding hydrogens is 326 g/mol. The first-order valence-electron chi connectivity index (χ1n) is 8.70. The van der Waals surface area contributed by atoms with Crippen molar-refractivity contribution in [3.8, 4) is 11.1 Å². The smallest absolute Gasteiger partial charge is 0.251 e. The van der Waals surface area contributed by atoms with Gasteiger partial charge in [0.15, 0.2) is 5.82 Å². The molecule has 0 fully saturated rings. The molecule has 0 saturated heterocycles. The third-order valence-corrected chi connectivity index (χ3v) is 3.98. The number of aromatic nitrogens is 2. The van der Waals surface area contributed by atoms with E-state index in [1.807, 2.05) is 75.4 Å². The molecule has 134 valence electrons. The fourth-order valence-electron chi connectivity index (χ4n) is 2.52. The van der Waals surface area contributed by atoms with Crippen molar-refractivity contribution in [2.45, 2.75) is 32.6 Å². The van der Waals surface area contributed by atoms with Crippen LogP contribution >= 0.6 is 0 Å². The summed E-state index contributed by atoms with van der Waals surface area (Å²) in [7, 11) is 0. The van der Waals surface area contributed by atoms with E-state index in [4.69, 9.17) is 4.52 Å². The highest BCUT2D eigenvalue weighted by molar-refractivity contribution is 5.95. The topological polar surface area (TPSA) is 68.0 Å². The van der Waals surface area contributed by atoms with E-state index in [1.165, 1.54) is 0 Å². The predicted molar refractivity (Wildman–Crippen MR) is 101 cm³/mol. The number of hydrogen-bond acceptors (Lipinski definition) is 4. The molecule has 0 radical (unpaired) electrons. The van der Waals surface area contributed by atoms with Crippen molar-refractivity contribution in [2.75, 3.05) is 6.54 Å². The van der Waals surface area contributed by atoms with E-state index in [1.54, 1.807) is 0 Å². The normalized spacial score (nSPS) is 11.3. The average molecular weight is 349 g/mol. The number of nitrogens with one attached hydrogen (secondary N) is 1. The van der Waals surface area contributed by atoms with Crippen LogP contribution in [-0.2, 0) is 11.8 Å². The molecule has 3 aromatic rings. The van der Waals surface area contributed by atoms with Gasteiger partial charge >= 0.3 is 0 Å². The Bertz CT molecular complexity index is 880. The first-order chi connectivity index (χ1) is 12.4. The van der Waals surface area contributed by atoms with Crippen molar-refractivity contribution in [1.82, 2.24) is 15.5 Å². The van der Waals surface area contributed by atoms with E-state index in [9.17, 15) is 4.79 Å². The number of rotatable bonds is 5. The zero-order valence-electron chi connectivity index (χ0n) is 15.3. The monoisotopic (exact) mass is 349 g/mol. The van der Waals surface area contributed by atoms with Gasteiger partial charge in [-0.25, -0.2) is 0 Å². The summed E-state index contributed by atoms with van der Waals surface area (Å²) in [5, 5.41) is 6.88. The van der Waals surface area contributed by atoms with E-state index < -0.39 is 0 Å². The largest absolute Gasteiger partial charge is 0.352 e. The van der Waals surface area contributed by atoms with Crippen molar-refractivity contribution in [2.24, 2.45) is 0 Å². The minimum absolute atomic E-state index is 0.109. The van der Waals surface area contributed by atoms with Crippen molar-refractivity contribution < 1.29 is 9.32 Å². The van der Waals surface area contributed by atoms with Crippen LogP contribution in [0.25, 0.3) is 11.1 Å². The van der Waals surface area contributed by atoms with Crippen LogP contribution in [0.15, 0.2) is 59.1 Å². The van der Waals surface area contributed by atoms with Gasteiger partial charge in [0.25, 0.3) is 5.91 Å². The Morgan fingerprint density at radius 3 is 2.46 bits per heavy atom. The van der Waals surface area contributed by atoms with Gasteiger partial charge in [0.05, 0.1) is 0 Å². The van der Waals surface area contributed by atoms with Gasteiger partial charge in [-0.1, -0.05) is 68.4 Å². The third-order valence-electron chi connectivity index (χ3n) is 3.98. The van der Waals surface area contributed by atoms with Crippen molar-refractivity contribution in [3.05, 3.63) is 71.9 Å². The molecule has 3 rings (SSSR count). The molecule has 5 heteroatoms. The van der Waals surface area contributed by atoms with Crippen LogP contribution in [0.4, 0.5) is 0 Å². The van der Waals surface area contributed by atoms with Crippen molar-refractivity contribution >= 4 is 5.91 Å². The third kappa shape index (κ3) is 4.36. The predicted octanol–water partition coefficient (Wildman–Crippen LogP) is 4.01. The van der Waals surface area contributed by atoms with Gasteiger partial charge < -0.3 is 9.84 Å². The van der Waals surface area contributed by atoms with Crippen molar-refractivity contribution in [3.63, 3.8) is 0 Å². The molecule has 26 heavy (non-hydrogen) atoms. The maximum Gasteiger partial charge on any atom is 0.251 e. The molecule has 0 saturated carbocycles. The van der Waals surface area contributed by atoms with Crippen LogP contribution < -0.4 is 5.32 Å². The standard InChI is InChI=1S/C21H23N3O2/c1-21(2,3)20-23-18(24-26-20)12-13-22-19(25)17-11-7-10-16(14-17)15-8-5-4-6-9-15/h4-11,14H,12-13H2,1-3H3,(H,22,25). The summed E-state index contributed by atoms with van der Waals surface area (Å²) in [6.07, 6.45) is 0.531. The molecule has 1 heterocycles. The van der Waals surface area contributed by atoms with Crippen LogP contribution in [0.3, 0.4) is 0 Å². The molecule has 0 aliphatic carbocycles. The van der Waals surface area contributed by atoms with Gasteiger partial charge in [-0.3, -0.25) is 4.79 Å². The lowest BCUT2D eigenvalue weighted by molar-refractivity contribution is 0.0954. The fraction of sp³-hybridized carbons (Fsp3) is 0.286. The summed E-state index contributed by atoms with van der Waals surface area (Å²) in [5.41, 5.74) is 2.57. The Morgan fingerprint density at radius 1 is 1.04 bits per heavy atom. The Kier molecular flexibility index (Phi) is 5.16. The van der Waals surface area contributed by atoms with E-state index >= 15 is 0 Å². The molecule has 0 aliphatic heterocycles. The number of nitrogens with zero attached hydrogens (tertiary/aromatic N) is 2. The highest BCUT2D eigenvalue weighted by Gasteiger charge is 2.21. The second-order valence-corrected chi connectivity index (χ2v) is 7.22. The lowest BCUT2D eigenvalue weighted by Crippen LogP contribution is -2.26. The molecule has 0 spiro atoms. The van der Waals surface area contributed by atoms with Gasteiger partial charge in [-0.05, 0) is 23.3 Å². The van der Waals surface area contributed by atoms with E-state index in [0.29, 0.717) is 30.2 Å². The molecule has 0 unspecified atom stereocenters. The van der Waals surface area contributed by atoms with Gasteiger partial charge in [-0.15, -0.1) is 0 Å². The minimum atomic E-state index is -0.174. The molecule has 5 nitrogen and oxygen atoms in total.